The molecule has 1 aromatic carbocycles. The predicted molar refractivity (Wildman–Crippen MR) is 110 cm³/mol. The van der Waals surface area contributed by atoms with Gasteiger partial charge in [0.1, 0.15) is 11.3 Å². The van der Waals surface area contributed by atoms with Crippen LogP contribution in [-0.4, -0.2) is 41.8 Å². The summed E-state index contributed by atoms with van der Waals surface area (Å²) in [5, 5.41) is 12.9. The molecule has 2 aliphatic rings. The molecule has 1 aromatic heterocycles. The maximum absolute atomic E-state index is 13.9. The summed E-state index contributed by atoms with van der Waals surface area (Å²) in [5.74, 6) is -1.00. The lowest BCUT2D eigenvalue weighted by molar-refractivity contribution is -0.233. The molecule has 1 saturated carbocycles. The zero-order chi connectivity index (χ0) is 22.6. The molecule has 2 unspecified atom stereocenters. The van der Waals surface area contributed by atoms with Crippen molar-refractivity contribution in [2.24, 2.45) is 0 Å². The van der Waals surface area contributed by atoms with Crippen LogP contribution in [0, 0.1) is 6.92 Å². The van der Waals surface area contributed by atoms with E-state index >= 15 is 0 Å². The van der Waals surface area contributed by atoms with Crippen LogP contribution in [0.4, 0.5) is 10.1 Å². The van der Waals surface area contributed by atoms with Gasteiger partial charge in [0.15, 0.2) is 17.1 Å². The quantitative estimate of drug-likeness (QED) is 0.692. The molecule has 0 radical (unpaired) electrons. The summed E-state index contributed by atoms with van der Waals surface area (Å²) < 4.78 is 36.8. The van der Waals surface area contributed by atoms with Gasteiger partial charge in [-0.25, -0.2) is 9.18 Å². The average molecular weight is 435 g/mol. The number of hydrogen-bond donors (Lipinski definition) is 2. The van der Waals surface area contributed by atoms with E-state index in [1.165, 1.54) is 6.07 Å². The summed E-state index contributed by atoms with van der Waals surface area (Å²) >= 11 is 0. The number of fused-ring (bicyclic) bond motifs is 1. The fraction of sp³-hybridized carbons (Fsp3) is 0.545. The predicted octanol–water partition coefficient (Wildman–Crippen LogP) is 3.56. The first-order valence-electron chi connectivity index (χ1n) is 10.2. The number of halogens is 1. The van der Waals surface area contributed by atoms with E-state index in [4.69, 9.17) is 18.6 Å². The second kappa shape index (κ2) is 7.49. The molecule has 2 heterocycles. The van der Waals surface area contributed by atoms with Gasteiger partial charge in [-0.15, -0.1) is 0 Å². The van der Waals surface area contributed by atoms with Crippen molar-refractivity contribution in [1.82, 2.24) is 0 Å². The lowest BCUT2D eigenvalue weighted by Gasteiger charge is -2.41. The normalized spacial score (nSPS) is 24.0. The van der Waals surface area contributed by atoms with Crippen LogP contribution >= 0.6 is 0 Å². The molecule has 0 bridgehead atoms. The minimum absolute atomic E-state index is 0.0484. The number of anilines is 1. The highest BCUT2D eigenvalue weighted by Gasteiger charge is 2.51. The van der Waals surface area contributed by atoms with Gasteiger partial charge in [-0.3, -0.25) is 4.79 Å². The van der Waals surface area contributed by atoms with Crippen LogP contribution in [0.15, 0.2) is 21.3 Å². The number of ether oxygens (including phenoxy) is 3. The highest BCUT2D eigenvalue weighted by molar-refractivity contribution is 6.02. The summed E-state index contributed by atoms with van der Waals surface area (Å²) in [7, 11) is 1.65. The molecule has 1 aliphatic heterocycles. The molecule has 0 spiro atoms. The summed E-state index contributed by atoms with van der Waals surface area (Å²) in [6.07, 6.45) is 0.983. The number of carbonyl (C=O) groups is 1. The van der Waals surface area contributed by atoms with E-state index in [-0.39, 0.29) is 29.9 Å². The standard InChI is InChI=1S/C22H26FNO7/c1-11-13(29-15-8-7-14(28-4)21(2,3)31-15)6-5-12-17(25)16(19(26)30-18(11)12)24-20(27)22(23)9-10-22/h5-6,14-15,25H,7-10H2,1-4H3,(H,24,27). The number of rotatable bonds is 5. The third-order valence-corrected chi connectivity index (χ3v) is 6.00. The second-order valence-corrected chi connectivity index (χ2v) is 8.67. The molecule has 1 amide bonds. The Hall–Kier alpha value is -2.65. The smallest absolute Gasteiger partial charge is 0.364 e. The molecule has 2 N–H and O–H groups in total. The minimum Gasteiger partial charge on any atom is -0.505 e. The summed E-state index contributed by atoms with van der Waals surface area (Å²) in [5.41, 5.74) is -3.36. The number of benzene rings is 1. The van der Waals surface area contributed by atoms with E-state index in [9.17, 15) is 19.1 Å². The van der Waals surface area contributed by atoms with Crippen molar-refractivity contribution in [2.45, 2.75) is 70.1 Å². The molecule has 2 atom stereocenters. The molecular formula is C22H26FNO7. The number of hydrogen-bond acceptors (Lipinski definition) is 7. The van der Waals surface area contributed by atoms with Gasteiger partial charge in [0.05, 0.1) is 17.1 Å². The zero-order valence-electron chi connectivity index (χ0n) is 17.9. The SMILES string of the molecule is COC1CCC(Oc2ccc3c(O)c(NC(=O)C4(F)CC4)c(=O)oc3c2C)OC1(C)C. The van der Waals surface area contributed by atoms with Crippen LogP contribution in [0.3, 0.4) is 0 Å². The first-order valence-corrected chi connectivity index (χ1v) is 10.2. The van der Waals surface area contributed by atoms with E-state index in [2.05, 4.69) is 5.32 Å². The molecule has 31 heavy (non-hydrogen) atoms. The molecule has 9 heteroatoms. The van der Waals surface area contributed by atoms with Crippen molar-refractivity contribution in [2.75, 3.05) is 12.4 Å². The molecule has 168 valence electrons. The molecule has 2 aromatic rings. The third-order valence-electron chi connectivity index (χ3n) is 6.00. The first kappa shape index (κ1) is 21.6. The van der Waals surface area contributed by atoms with Gasteiger partial charge in [-0.1, -0.05) is 0 Å². The van der Waals surface area contributed by atoms with Gasteiger partial charge in [0, 0.05) is 19.1 Å². The number of methoxy groups -OCH3 is 1. The molecule has 1 saturated heterocycles. The second-order valence-electron chi connectivity index (χ2n) is 8.67. The number of aryl methyl sites for hydroxylation is 1. The summed E-state index contributed by atoms with van der Waals surface area (Å²) in [4.78, 5) is 24.4. The molecule has 8 nitrogen and oxygen atoms in total. The number of carbonyl (C=O) groups excluding carboxylic acids is 1. The van der Waals surface area contributed by atoms with Gasteiger partial charge in [-0.2, -0.15) is 0 Å². The minimum atomic E-state index is -1.99. The fourth-order valence-corrected chi connectivity index (χ4v) is 3.90. The average Bonchev–Trinajstić information content (AvgIpc) is 3.46. The number of alkyl halides is 1. The van der Waals surface area contributed by atoms with E-state index < -0.39 is 40.5 Å². The van der Waals surface area contributed by atoms with Crippen molar-refractivity contribution < 1.29 is 32.9 Å². The summed E-state index contributed by atoms with van der Waals surface area (Å²) in [6.45, 7) is 5.55. The van der Waals surface area contributed by atoms with Crippen LogP contribution < -0.4 is 15.7 Å². The maximum atomic E-state index is 13.9. The number of aromatic hydroxyl groups is 1. The van der Waals surface area contributed by atoms with Gasteiger partial charge >= 0.3 is 5.63 Å². The Morgan fingerprint density at radius 2 is 2.00 bits per heavy atom. The van der Waals surface area contributed by atoms with Gasteiger partial charge < -0.3 is 29.1 Å². The molecular weight excluding hydrogens is 409 g/mol. The summed E-state index contributed by atoms with van der Waals surface area (Å²) in [6, 6.07) is 3.14. The topological polar surface area (TPSA) is 107 Å². The van der Waals surface area contributed by atoms with E-state index in [0.29, 0.717) is 17.7 Å². The van der Waals surface area contributed by atoms with E-state index in [0.717, 1.165) is 6.42 Å². The Kier molecular flexibility index (Phi) is 5.21. The molecule has 4 rings (SSSR count). The lowest BCUT2D eigenvalue weighted by atomic mass is 9.94. The third kappa shape index (κ3) is 3.87. The Bertz CT molecular complexity index is 1090. The highest BCUT2D eigenvalue weighted by atomic mass is 19.1. The fourth-order valence-electron chi connectivity index (χ4n) is 3.90. The number of amides is 1. The molecule has 1 aliphatic carbocycles. The Morgan fingerprint density at radius 3 is 2.61 bits per heavy atom. The van der Waals surface area contributed by atoms with Crippen molar-refractivity contribution in [3.05, 3.63) is 28.1 Å². The van der Waals surface area contributed by atoms with Crippen molar-refractivity contribution in [3.63, 3.8) is 0 Å². The zero-order valence-corrected chi connectivity index (χ0v) is 17.9. The van der Waals surface area contributed by atoms with Crippen LogP contribution in [0.25, 0.3) is 11.0 Å². The van der Waals surface area contributed by atoms with Crippen molar-refractivity contribution in [1.29, 1.82) is 0 Å². The maximum Gasteiger partial charge on any atom is 0.364 e. The van der Waals surface area contributed by atoms with Crippen LogP contribution in [0.1, 0.15) is 45.1 Å². The number of nitrogens with one attached hydrogen (secondary N) is 1. The van der Waals surface area contributed by atoms with Crippen molar-refractivity contribution >= 4 is 22.6 Å². The van der Waals surface area contributed by atoms with Gasteiger partial charge in [-0.05, 0) is 52.2 Å². The van der Waals surface area contributed by atoms with Gasteiger partial charge in [0.25, 0.3) is 5.91 Å². The Morgan fingerprint density at radius 1 is 1.29 bits per heavy atom. The van der Waals surface area contributed by atoms with Crippen molar-refractivity contribution in [3.8, 4) is 11.5 Å². The van der Waals surface area contributed by atoms with E-state index in [1.54, 1.807) is 20.1 Å². The van der Waals surface area contributed by atoms with Gasteiger partial charge in [0.2, 0.25) is 6.29 Å². The largest absolute Gasteiger partial charge is 0.505 e. The Balaban J connectivity index is 1.61. The van der Waals surface area contributed by atoms with Crippen LogP contribution in [0.2, 0.25) is 0 Å². The highest BCUT2D eigenvalue weighted by Crippen LogP contribution is 2.42. The van der Waals surface area contributed by atoms with Crippen LogP contribution in [-0.2, 0) is 14.3 Å². The molecule has 2 fully saturated rings. The van der Waals surface area contributed by atoms with Crippen LogP contribution in [0.5, 0.6) is 11.5 Å². The van der Waals surface area contributed by atoms with E-state index in [1.807, 2.05) is 13.8 Å². The first-order chi connectivity index (χ1) is 14.6. The lowest BCUT2D eigenvalue weighted by Crippen LogP contribution is -2.49. The Labute approximate surface area is 178 Å². The monoisotopic (exact) mass is 435 g/mol.